The Morgan fingerprint density at radius 1 is 0.525 bits per heavy atom. The molecule has 2 rings (SSSR count). The number of amides is 2. The lowest BCUT2D eigenvalue weighted by molar-refractivity contribution is 0.0944. The van der Waals surface area contributed by atoms with Crippen molar-refractivity contribution in [2.45, 2.75) is 78.1 Å². The maximum atomic E-state index is 12.5. The van der Waals surface area contributed by atoms with Crippen LogP contribution in [0.15, 0.2) is 48.5 Å². The van der Waals surface area contributed by atoms with Crippen LogP contribution in [0.5, 0.6) is 0 Å². The van der Waals surface area contributed by atoms with Crippen molar-refractivity contribution in [1.82, 2.24) is 20.4 Å². The van der Waals surface area contributed by atoms with Gasteiger partial charge < -0.3 is 20.4 Å². The highest BCUT2D eigenvalue weighted by atomic mass is 16.2. The normalized spacial score (nSPS) is 11.2. The minimum Gasteiger partial charge on any atom is -0.352 e. The third-order valence-corrected chi connectivity index (χ3v) is 7.42. The summed E-state index contributed by atoms with van der Waals surface area (Å²) in [6, 6.07) is 15.3. The number of carbonyl (C=O) groups excluding carboxylic acids is 2. The van der Waals surface area contributed by atoms with Gasteiger partial charge in [0.25, 0.3) is 11.8 Å². The van der Waals surface area contributed by atoms with Gasteiger partial charge in [0.1, 0.15) is 0 Å². The van der Waals surface area contributed by atoms with Crippen LogP contribution in [0.4, 0.5) is 0 Å². The fourth-order valence-corrected chi connectivity index (χ4v) is 4.77. The molecule has 0 aromatic heterocycles. The molecule has 0 spiro atoms. The molecule has 0 saturated heterocycles. The van der Waals surface area contributed by atoms with Gasteiger partial charge in [0, 0.05) is 24.2 Å². The van der Waals surface area contributed by atoms with Gasteiger partial charge >= 0.3 is 0 Å². The van der Waals surface area contributed by atoms with E-state index in [1.807, 2.05) is 48.5 Å². The summed E-state index contributed by atoms with van der Waals surface area (Å²) in [5, 5.41) is 6.08. The Bertz CT molecular complexity index is 879. The Kier molecular flexibility index (Phi) is 16.9. The van der Waals surface area contributed by atoms with Crippen molar-refractivity contribution in [3.8, 4) is 11.1 Å². The predicted molar refractivity (Wildman–Crippen MR) is 169 cm³/mol. The number of rotatable bonds is 21. The van der Waals surface area contributed by atoms with Crippen LogP contribution in [0.3, 0.4) is 0 Å². The highest BCUT2D eigenvalue weighted by molar-refractivity contribution is 5.95. The van der Waals surface area contributed by atoms with Crippen molar-refractivity contribution in [3.63, 3.8) is 0 Å². The summed E-state index contributed by atoms with van der Waals surface area (Å²) in [5.74, 6) is -0.0706. The fourth-order valence-electron chi connectivity index (χ4n) is 4.77. The minimum absolute atomic E-state index is 0.0353. The Hall–Kier alpha value is -2.70. The van der Waals surface area contributed by atoms with Crippen LogP contribution in [-0.4, -0.2) is 75.0 Å². The molecule has 0 fully saturated rings. The number of benzene rings is 2. The molecule has 0 saturated carbocycles. The standard InChI is InChI=1S/C34H54N4O2/c1-5-7-9-11-25-37(3)27-13-23-35-33(39)31-19-15-29(16-20-31)30-17-21-32(22-18-30)34(40)36-24-14-28-38(4)26-12-10-8-6-2/h15-22H,5-14,23-28H2,1-4H3,(H,35,39)(H,36,40). The smallest absolute Gasteiger partial charge is 0.251 e. The first-order valence-corrected chi connectivity index (χ1v) is 15.6. The van der Waals surface area contributed by atoms with Crippen LogP contribution in [0.1, 0.15) is 98.8 Å². The summed E-state index contributed by atoms with van der Waals surface area (Å²) in [5.41, 5.74) is 3.38. The maximum absolute atomic E-state index is 12.5. The second-order valence-corrected chi connectivity index (χ2v) is 11.1. The molecular weight excluding hydrogens is 496 g/mol. The number of nitrogens with one attached hydrogen (secondary N) is 2. The Labute approximate surface area is 243 Å². The van der Waals surface area contributed by atoms with Crippen molar-refractivity contribution in [1.29, 1.82) is 0 Å². The molecule has 0 unspecified atom stereocenters. The van der Waals surface area contributed by atoms with Gasteiger partial charge in [0.2, 0.25) is 0 Å². The monoisotopic (exact) mass is 550 g/mol. The Morgan fingerprint density at radius 2 is 0.875 bits per heavy atom. The van der Waals surface area contributed by atoms with Crippen molar-refractivity contribution in [2.75, 3.05) is 53.4 Å². The van der Waals surface area contributed by atoms with Gasteiger partial charge in [-0.2, -0.15) is 0 Å². The lowest BCUT2D eigenvalue weighted by Crippen LogP contribution is -2.28. The van der Waals surface area contributed by atoms with Crippen LogP contribution < -0.4 is 10.6 Å². The van der Waals surface area contributed by atoms with Gasteiger partial charge in [-0.25, -0.2) is 0 Å². The van der Waals surface area contributed by atoms with E-state index < -0.39 is 0 Å². The third-order valence-electron chi connectivity index (χ3n) is 7.42. The van der Waals surface area contributed by atoms with Gasteiger partial charge in [-0.3, -0.25) is 9.59 Å². The predicted octanol–water partition coefficient (Wildman–Crippen LogP) is 6.62. The first-order valence-electron chi connectivity index (χ1n) is 15.6. The topological polar surface area (TPSA) is 64.7 Å². The molecule has 6 heteroatoms. The second kappa shape index (κ2) is 20.2. The average Bonchev–Trinajstić information content (AvgIpc) is 2.98. The zero-order chi connectivity index (χ0) is 29.0. The molecule has 0 aliphatic rings. The van der Waals surface area contributed by atoms with E-state index >= 15 is 0 Å². The van der Waals surface area contributed by atoms with E-state index in [1.54, 1.807) is 0 Å². The van der Waals surface area contributed by atoms with Crippen LogP contribution >= 0.6 is 0 Å². The van der Waals surface area contributed by atoms with E-state index in [9.17, 15) is 9.59 Å². The van der Waals surface area contributed by atoms with Gasteiger partial charge in [-0.1, -0.05) is 76.6 Å². The molecule has 6 nitrogen and oxygen atoms in total. The van der Waals surface area contributed by atoms with E-state index in [4.69, 9.17) is 0 Å². The molecule has 0 radical (unpaired) electrons. The minimum atomic E-state index is -0.0353. The first-order chi connectivity index (χ1) is 19.4. The van der Waals surface area contributed by atoms with E-state index in [0.29, 0.717) is 24.2 Å². The number of nitrogens with zero attached hydrogens (tertiary/aromatic N) is 2. The van der Waals surface area contributed by atoms with Gasteiger partial charge in [0.05, 0.1) is 0 Å². The van der Waals surface area contributed by atoms with E-state index in [0.717, 1.165) is 50.1 Å². The number of hydrogen-bond donors (Lipinski definition) is 2. The summed E-state index contributed by atoms with van der Waals surface area (Å²) in [6.07, 6.45) is 12.1. The Morgan fingerprint density at radius 3 is 1.23 bits per heavy atom. The van der Waals surface area contributed by atoms with E-state index in [1.165, 1.54) is 51.4 Å². The van der Waals surface area contributed by atoms with Gasteiger partial charge in [0.15, 0.2) is 0 Å². The van der Waals surface area contributed by atoms with Crippen LogP contribution in [0.2, 0.25) is 0 Å². The molecule has 0 heterocycles. The fraction of sp³-hybridized carbons (Fsp3) is 0.588. The molecule has 2 aromatic carbocycles. The maximum Gasteiger partial charge on any atom is 0.251 e. The Balaban J connectivity index is 1.69. The molecule has 2 aromatic rings. The zero-order valence-electron chi connectivity index (χ0n) is 25.6. The molecular formula is C34H54N4O2. The lowest BCUT2D eigenvalue weighted by Gasteiger charge is -2.16. The van der Waals surface area contributed by atoms with Crippen molar-refractivity contribution in [2.24, 2.45) is 0 Å². The quantitative estimate of drug-likeness (QED) is 0.172. The second-order valence-electron chi connectivity index (χ2n) is 11.1. The summed E-state index contributed by atoms with van der Waals surface area (Å²) in [4.78, 5) is 29.8. The van der Waals surface area contributed by atoms with Gasteiger partial charge in [-0.05, 0) is 101 Å². The summed E-state index contributed by atoms with van der Waals surface area (Å²) in [7, 11) is 4.31. The summed E-state index contributed by atoms with van der Waals surface area (Å²) >= 11 is 0. The van der Waals surface area contributed by atoms with Crippen molar-refractivity contribution >= 4 is 11.8 Å². The highest BCUT2D eigenvalue weighted by Gasteiger charge is 2.09. The molecule has 222 valence electrons. The first kappa shape index (κ1) is 33.5. The van der Waals surface area contributed by atoms with E-state index in [-0.39, 0.29) is 11.8 Å². The van der Waals surface area contributed by atoms with E-state index in [2.05, 4.69) is 48.4 Å². The molecule has 0 aliphatic heterocycles. The van der Waals surface area contributed by atoms with Crippen LogP contribution in [0.25, 0.3) is 11.1 Å². The third kappa shape index (κ3) is 13.6. The van der Waals surface area contributed by atoms with Crippen molar-refractivity contribution in [3.05, 3.63) is 59.7 Å². The largest absolute Gasteiger partial charge is 0.352 e. The lowest BCUT2D eigenvalue weighted by atomic mass is 10.0. The SMILES string of the molecule is CCCCCCN(C)CCCNC(=O)c1ccc(-c2ccc(C(=O)NCCCN(C)CCCCCC)cc2)cc1. The van der Waals surface area contributed by atoms with Crippen LogP contribution in [-0.2, 0) is 0 Å². The summed E-state index contributed by atoms with van der Waals surface area (Å²) < 4.78 is 0. The summed E-state index contributed by atoms with van der Waals surface area (Å²) in [6.45, 7) is 10.1. The zero-order valence-corrected chi connectivity index (χ0v) is 25.6. The average molecular weight is 551 g/mol. The molecule has 0 atom stereocenters. The highest BCUT2D eigenvalue weighted by Crippen LogP contribution is 2.20. The molecule has 2 amide bonds. The van der Waals surface area contributed by atoms with Gasteiger partial charge in [-0.15, -0.1) is 0 Å². The molecule has 2 N–H and O–H groups in total. The van der Waals surface area contributed by atoms with Crippen LogP contribution in [0, 0.1) is 0 Å². The van der Waals surface area contributed by atoms with Crippen molar-refractivity contribution < 1.29 is 9.59 Å². The molecule has 40 heavy (non-hydrogen) atoms. The number of carbonyl (C=O) groups is 2. The molecule has 0 aliphatic carbocycles. The number of unbranched alkanes of at least 4 members (excludes halogenated alkanes) is 6. The molecule has 0 bridgehead atoms. The number of hydrogen-bond acceptors (Lipinski definition) is 4.